The van der Waals surface area contributed by atoms with E-state index in [9.17, 15) is 4.79 Å². The van der Waals surface area contributed by atoms with Gasteiger partial charge in [0.05, 0.1) is 4.83 Å². The van der Waals surface area contributed by atoms with Gasteiger partial charge >= 0.3 is 0 Å². The molecule has 3 bridgehead atoms. The Labute approximate surface area is 91.3 Å². The highest BCUT2D eigenvalue weighted by Crippen LogP contribution is 2.55. The van der Waals surface area contributed by atoms with E-state index in [2.05, 4.69) is 15.9 Å². The van der Waals surface area contributed by atoms with Crippen LogP contribution in [0.1, 0.15) is 19.3 Å². The maximum Gasteiger partial charge on any atom is 0.184 e. The van der Waals surface area contributed by atoms with Crippen molar-refractivity contribution in [1.29, 1.82) is 0 Å². The van der Waals surface area contributed by atoms with Crippen molar-refractivity contribution in [3.05, 3.63) is 0 Å². The summed E-state index contributed by atoms with van der Waals surface area (Å²) in [5, 5.41) is 0. The third-order valence-electron chi connectivity index (χ3n) is 3.93. The molecule has 1 aliphatic heterocycles. The lowest BCUT2D eigenvalue weighted by molar-refractivity contribution is -0.226. The van der Waals surface area contributed by atoms with Gasteiger partial charge < -0.3 is 9.47 Å². The molecule has 2 aliphatic carbocycles. The average molecular weight is 261 g/mol. The Balaban J connectivity index is 2.05. The third kappa shape index (κ3) is 0.921. The second kappa shape index (κ2) is 2.80. The molecule has 0 spiro atoms. The highest BCUT2D eigenvalue weighted by molar-refractivity contribution is 9.09. The van der Waals surface area contributed by atoms with Gasteiger partial charge in [-0.05, 0) is 19.3 Å². The summed E-state index contributed by atoms with van der Waals surface area (Å²) in [6, 6.07) is 0. The second-order valence-corrected chi connectivity index (χ2v) is 5.61. The molecule has 4 heteroatoms. The first kappa shape index (κ1) is 9.31. The number of carbonyl (C=O) groups excluding carboxylic acids is 1. The van der Waals surface area contributed by atoms with Crippen LogP contribution in [0.25, 0.3) is 0 Å². The summed E-state index contributed by atoms with van der Waals surface area (Å²) in [5.74, 6) is 0.377. The Bertz CT molecular complexity index is 291. The van der Waals surface area contributed by atoms with Crippen molar-refractivity contribution < 1.29 is 14.3 Å². The number of rotatable bonds is 1. The summed E-state index contributed by atoms with van der Waals surface area (Å²) >= 11 is 3.60. The zero-order valence-corrected chi connectivity index (χ0v) is 9.62. The number of fused-ring (bicyclic) bond motifs is 2. The molecule has 0 N–H and O–H groups in total. The monoisotopic (exact) mass is 260 g/mol. The fourth-order valence-corrected chi connectivity index (χ4v) is 4.37. The minimum atomic E-state index is -0.521. The number of Topliss-reactive ketones (excluding diaryl/α,β-unsaturated/α-hetero) is 1. The Morgan fingerprint density at radius 1 is 1.50 bits per heavy atom. The fourth-order valence-electron chi connectivity index (χ4n) is 3.25. The van der Waals surface area contributed by atoms with Crippen LogP contribution in [0.4, 0.5) is 0 Å². The first-order chi connectivity index (χ1) is 6.67. The molecule has 3 aliphatic rings. The molecular weight excluding hydrogens is 248 g/mol. The van der Waals surface area contributed by atoms with E-state index in [4.69, 9.17) is 9.47 Å². The maximum absolute atomic E-state index is 11.8. The minimum Gasteiger partial charge on any atom is -0.352 e. The molecule has 0 amide bonds. The Morgan fingerprint density at radius 2 is 2.29 bits per heavy atom. The van der Waals surface area contributed by atoms with E-state index >= 15 is 0 Å². The van der Waals surface area contributed by atoms with Gasteiger partial charge in [-0.15, -0.1) is 0 Å². The molecule has 0 aromatic rings. The number of methoxy groups -OCH3 is 1. The largest absolute Gasteiger partial charge is 0.352 e. The smallest absolute Gasteiger partial charge is 0.184 e. The lowest BCUT2D eigenvalue weighted by Crippen LogP contribution is -2.50. The summed E-state index contributed by atoms with van der Waals surface area (Å²) < 4.78 is 11.4. The topological polar surface area (TPSA) is 35.5 Å². The molecule has 5 atom stereocenters. The predicted octanol–water partition coefficient (Wildman–Crippen LogP) is 1.49. The summed E-state index contributed by atoms with van der Waals surface area (Å²) in [4.78, 5) is 12.0. The molecule has 3 nitrogen and oxygen atoms in total. The van der Waals surface area contributed by atoms with Crippen LogP contribution in [-0.4, -0.2) is 29.6 Å². The zero-order valence-electron chi connectivity index (χ0n) is 8.03. The quantitative estimate of drug-likeness (QED) is 0.671. The van der Waals surface area contributed by atoms with E-state index < -0.39 is 5.79 Å². The lowest BCUT2D eigenvalue weighted by atomic mass is 9.70. The van der Waals surface area contributed by atoms with Crippen LogP contribution < -0.4 is 0 Å². The van der Waals surface area contributed by atoms with Crippen LogP contribution in [-0.2, 0) is 14.3 Å². The van der Waals surface area contributed by atoms with Crippen molar-refractivity contribution in [3.8, 4) is 0 Å². The van der Waals surface area contributed by atoms with Gasteiger partial charge in [-0.1, -0.05) is 15.9 Å². The SMILES string of the molecule is CO[C@]12O[C@@H]3C[C@H]1C[C@H](C[C@H]2Br)C3=O. The second-order valence-electron chi connectivity index (χ2n) is 4.50. The van der Waals surface area contributed by atoms with Crippen molar-refractivity contribution >= 4 is 21.7 Å². The highest BCUT2D eigenvalue weighted by atomic mass is 79.9. The van der Waals surface area contributed by atoms with E-state index in [1.54, 1.807) is 7.11 Å². The molecule has 0 unspecified atom stereocenters. The standard InChI is InChI=1S/C10H13BrO3/c1-13-10-6-2-5(3-8(10)11)9(12)7(4-6)14-10/h5-8H,2-4H2,1H3/t5-,6-,7-,8-,10+/m1/s1. The van der Waals surface area contributed by atoms with Gasteiger partial charge in [0.1, 0.15) is 6.10 Å². The number of halogens is 1. The number of carbonyl (C=O) groups is 1. The van der Waals surface area contributed by atoms with Gasteiger partial charge in [0.15, 0.2) is 11.6 Å². The van der Waals surface area contributed by atoms with Crippen molar-refractivity contribution in [2.45, 2.75) is 36.0 Å². The van der Waals surface area contributed by atoms with Gasteiger partial charge in [0, 0.05) is 18.9 Å². The van der Waals surface area contributed by atoms with Gasteiger partial charge in [0.2, 0.25) is 0 Å². The van der Waals surface area contributed by atoms with Crippen molar-refractivity contribution in [2.24, 2.45) is 11.8 Å². The first-order valence-electron chi connectivity index (χ1n) is 5.08. The van der Waals surface area contributed by atoms with Crippen LogP contribution in [0.15, 0.2) is 0 Å². The average Bonchev–Trinajstić information content (AvgIpc) is 2.48. The minimum absolute atomic E-state index is 0.167. The van der Waals surface area contributed by atoms with E-state index in [0.717, 1.165) is 19.3 Å². The molecule has 78 valence electrons. The number of ether oxygens (including phenoxy) is 2. The Kier molecular flexibility index (Phi) is 1.86. The number of hydrogen-bond donors (Lipinski definition) is 0. The lowest BCUT2D eigenvalue weighted by Gasteiger charge is -2.42. The molecule has 0 radical (unpaired) electrons. The maximum atomic E-state index is 11.8. The number of hydrogen-bond acceptors (Lipinski definition) is 3. The van der Waals surface area contributed by atoms with Gasteiger partial charge in [0.25, 0.3) is 0 Å². The van der Waals surface area contributed by atoms with Gasteiger partial charge in [-0.2, -0.15) is 0 Å². The predicted molar refractivity (Wildman–Crippen MR) is 53.2 cm³/mol. The summed E-state index contributed by atoms with van der Waals surface area (Å²) in [6.45, 7) is 0. The summed E-state index contributed by atoms with van der Waals surface area (Å²) in [6.07, 6.45) is 2.47. The van der Waals surface area contributed by atoms with Crippen LogP contribution in [0.3, 0.4) is 0 Å². The van der Waals surface area contributed by atoms with Crippen LogP contribution >= 0.6 is 15.9 Å². The zero-order chi connectivity index (χ0) is 9.92. The van der Waals surface area contributed by atoms with Crippen LogP contribution in [0, 0.1) is 11.8 Å². The summed E-state index contributed by atoms with van der Waals surface area (Å²) in [7, 11) is 1.68. The molecule has 0 aromatic carbocycles. The number of alkyl halides is 1. The van der Waals surface area contributed by atoms with Gasteiger partial charge in [-0.25, -0.2) is 0 Å². The Morgan fingerprint density at radius 3 is 3.00 bits per heavy atom. The van der Waals surface area contributed by atoms with Gasteiger partial charge in [-0.3, -0.25) is 4.79 Å². The first-order valence-corrected chi connectivity index (χ1v) is 5.99. The molecule has 1 saturated heterocycles. The van der Waals surface area contributed by atoms with Crippen LogP contribution in [0.5, 0.6) is 0 Å². The van der Waals surface area contributed by atoms with Crippen molar-refractivity contribution in [2.75, 3.05) is 7.11 Å². The van der Waals surface area contributed by atoms with E-state index in [0.29, 0.717) is 11.7 Å². The van der Waals surface area contributed by atoms with E-state index in [1.165, 1.54) is 0 Å². The summed E-state index contributed by atoms with van der Waals surface area (Å²) in [5.41, 5.74) is 0. The van der Waals surface area contributed by atoms with E-state index in [-0.39, 0.29) is 16.8 Å². The highest BCUT2D eigenvalue weighted by Gasteiger charge is 2.63. The molecular formula is C10H13BrO3. The molecule has 14 heavy (non-hydrogen) atoms. The molecule has 1 heterocycles. The fraction of sp³-hybridized carbons (Fsp3) is 0.900. The van der Waals surface area contributed by atoms with E-state index in [1.807, 2.05) is 0 Å². The molecule has 3 rings (SSSR count). The normalized spacial score (nSPS) is 55.4. The number of ketones is 1. The molecule has 0 aromatic heterocycles. The van der Waals surface area contributed by atoms with Crippen molar-refractivity contribution in [3.63, 3.8) is 0 Å². The molecule has 3 fully saturated rings. The Hall–Kier alpha value is 0.0700. The third-order valence-corrected chi connectivity index (χ3v) is 4.94. The van der Waals surface area contributed by atoms with Crippen molar-refractivity contribution in [1.82, 2.24) is 0 Å². The molecule has 2 saturated carbocycles. The van der Waals surface area contributed by atoms with Crippen LogP contribution in [0.2, 0.25) is 0 Å².